The van der Waals surface area contributed by atoms with Crippen LogP contribution in [0.15, 0.2) is 0 Å². The summed E-state index contributed by atoms with van der Waals surface area (Å²) in [5.41, 5.74) is 11.3. The van der Waals surface area contributed by atoms with Crippen molar-refractivity contribution in [3.8, 4) is 0 Å². The van der Waals surface area contributed by atoms with Gasteiger partial charge < -0.3 is 46.5 Å². The van der Waals surface area contributed by atoms with Gasteiger partial charge in [-0.3, -0.25) is 9.59 Å². The first-order chi connectivity index (χ1) is 9.33. The summed E-state index contributed by atoms with van der Waals surface area (Å²) >= 11 is 0. The third-order valence-electron chi connectivity index (χ3n) is 2.74. The van der Waals surface area contributed by atoms with Crippen LogP contribution >= 0.6 is 0 Å². The van der Waals surface area contributed by atoms with Crippen LogP contribution in [-0.2, 0) is 30.7 Å². The maximum atomic E-state index is 9.60. The zero-order valence-electron chi connectivity index (χ0n) is 13.7. The topological polar surface area (TPSA) is 127 Å². The van der Waals surface area contributed by atoms with Gasteiger partial charge in [-0.05, 0) is 38.5 Å². The Labute approximate surface area is 166 Å². The second-order valence-electron chi connectivity index (χ2n) is 4.96. The van der Waals surface area contributed by atoms with E-state index in [9.17, 15) is 9.59 Å². The van der Waals surface area contributed by atoms with Gasteiger partial charge in [0.2, 0.25) is 0 Å². The SMILES string of the molecule is CCCC(=O)O.CCCC(=O)O.NC1CCC(N)CC1.[Cl-].[Cl-].[Pt+2]. The molecule has 0 radical (unpaired) electrons. The molecule has 6 N–H and O–H groups in total. The Balaban J connectivity index is -0.0000000673. The van der Waals surface area contributed by atoms with Gasteiger partial charge in [0.25, 0.3) is 0 Å². The van der Waals surface area contributed by atoms with Crippen molar-refractivity contribution in [3.05, 3.63) is 0 Å². The van der Waals surface area contributed by atoms with Crippen LogP contribution in [0.1, 0.15) is 65.2 Å². The fourth-order valence-corrected chi connectivity index (χ4v) is 1.57. The first-order valence-corrected chi connectivity index (χ1v) is 7.28. The second-order valence-corrected chi connectivity index (χ2v) is 4.96. The molecule has 0 aromatic rings. The Bertz CT molecular complexity index is 241. The molecule has 0 aromatic carbocycles. The van der Waals surface area contributed by atoms with Crippen LogP contribution in [0, 0.1) is 0 Å². The van der Waals surface area contributed by atoms with Gasteiger partial charge >= 0.3 is 33.0 Å². The minimum absolute atomic E-state index is 0. The standard InChI is InChI=1S/C6H14N2.2C4H8O2.2ClH.Pt/c7-5-1-2-6(8)4-3-5;2*1-2-3-4(5)6;;;/h5-6H,1-4,7-8H2;2*2-3H2,1H3,(H,5,6);2*1H;/q;;;;;+2/p-2. The molecule has 1 fully saturated rings. The number of carbonyl (C=O) groups is 2. The van der Waals surface area contributed by atoms with Gasteiger partial charge in [-0.15, -0.1) is 0 Å². The van der Waals surface area contributed by atoms with E-state index in [0.717, 1.165) is 38.5 Å². The molecule has 1 saturated carbocycles. The van der Waals surface area contributed by atoms with Crippen molar-refractivity contribution in [2.45, 2.75) is 77.3 Å². The van der Waals surface area contributed by atoms with E-state index >= 15 is 0 Å². The number of carboxylic acid groups (broad SMARTS) is 2. The molecule has 23 heavy (non-hydrogen) atoms. The predicted molar refractivity (Wildman–Crippen MR) is 79.5 cm³/mol. The largest absolute Gasteiger partial charge is 2.00 e. The molecule has 0 atom stereocenters. The minimum Gasteiger partial charge on any atom is -1.00 e. The molecule has 1 aliphatic carbocycles. The second kappa shape index (κ2) is 24.4. The molecule has 0 heterocycles. The zero-order valence-corrected chi connectivity index (χ0v) is 17.5. The molecule has 0 saturated heterocycles. The summed E-state index contributed by atoms with van der Waals surface area (Å²) in [6.45, 7) is 3.68. The monoisotopic (exact) mass is 555 g/mol. The molecule has 0 aromatic heterocycles. The van der Waals surface area contributed by atoms with Crippen molar-refractivity contribution < 1.29 is 65.7 Å². The number of rotatable bonds is 4. The molecule has 0 aliphatic heterocycles. The van der Waals surface area contributed by atoms with Crippen molar-refractivity contribution in [1.82, 2.24) is 0 Å². The molecule has 144 valence electrons. The number of aliphatic carboxylic acids is 2. The van der Waals surface area contributed by atoms with Crippen LogP contribution in [0.4, 0.5) is 0 Å². The molecule has 0 spiro atoms. The minimum atomic E-state index is -0.711. The first-order valence-electron chi connectivity index (χ1n) is 7.28. The van der Waals surface area contributed by atoms with Gasteiger partial charge in [0, 0.05) is 24.9 Å². The smallest absolute Gasteiger partial charge is 1.00 e. The van der Waals surface area contributed by atoms with Gasteiger partial charge in [-0.2, -0.15) is 0 Å². The maximum absolute atomic E-state index is 9.60. The third kappa shape index (κ3) is 34.5. The van der Waals surface area contributed by atoms with Crippen LogP contribution in [0.3, 0.4) is 0 Å². The van der Waals surface area contributed by atoms with Crippen LogP contribution < -0.4 is 36.3 Å². The van der Waals surface area contributed by atoms with E-state index < -0.39 is 11.9 Å². The first kappa shape index (κ1) is 34.5. The molecule has 9 heteroatoms. The quantitative estimate of drug-likeness (QED) is 0.280. The summed E-state index contributed by atoms with van der Waals surface area (Å²) in [7, 11) is 0. The van der Waals surface area contributed by atoms with Crippen LogP contribution in [0.2, 0.25) is 0 Å². The Morgan fingerprint density at radius 3 is 1.13 bits per heavy atom. The Hall–Kier alpha value is 0.128. The molecular weight excluding hydrogens is 526 g/mol. The van der Waals surface area contributed by atoms with E-state index in [1.807, 2.05) is 13.8 Å². The normalized spacial score (nSPS) is 18.1. The van der Waals surface area contributed by atoms with Crippen molar-refractivity contribution >= 4 is 11.9 Å². The molecule has 0 amide bonds. The van der Waals surface area contributed by atoms with Gasteiger partial charge in [0.1, 0.15) is 0 Å². The molecule has 1 rings (SSSR count). The van der Waals surface area contributed by atoms with Crippen LogP contribution in [0.25, 0.3) is 0 Å². The summed E-state index contributed by atoms with van der Waals surface area (Å²) in [5, 5.41) is 15.8. The number of hydrogen-bond donors (Lipinski definition) is 4. The third-order valence-corrected chi connectivity index (χ3v) is 2.74. The van der Waals surface area contributed by atoms with Crippen LogP contribution in [0.5, 0.6) is 0 Å². The van der Waals surface area contributed by atoms with Gasteiger partial charge in [-0.25, -0.2) is 0 Å². The Kier molecular flexibility index (Phi) is 36.5. The van der Waals surface area contributed by atoms with Crippen molar-refractivity contribution in [2.24, 2.45) is 11.5 Å². The van der Waals surface area contributed by atoms with Crippen LogP contribution in [-0.4, -0.2) is 34.2 Å². The maximum Gasteiger partial charge on any atom is 2.00 e. The molecular formula is C14H30Cl2N2O4Pt. The average molecular weight is 556 g/mol. The number of nitrogens with two attached hydrogens (primary N) is 2. The fraction of sp³-hybridized carbons (Fsp3) is 0.857. The van der Waals surface area contributed by atoms with Gasteiger partial charge in [0.15, 0.2) is 0 Å². The van der Waals surface area contributed by atoms with Crippen molar-refractivity contribution in [2.75, 3.05) is 0 Å². The predicted octanol–water partition coefficient (Wildman–Crippen LogP) is -4.04. The summed E-state index contributed by atoms with van der Waals surface area (Å²) in [4.78, 5) is 19.2. The number of halogens is 2. The van der Waals surface area contributed by atoms with E-state index in [0.29, 0.717) is 24.9 Å². The summed E-state index contributed by atoms with van der Waals surface area (Å²) in [6.07, 6.45) is 6.55. The Morgan fingerprint density at radius 1 is 0.826 bits per heavy atom. The van der Waals surface area contributed by atoms with E-state index in [1.165, 1.54) is 0 Å². The van der Waals surface area contributed by atoms with Crippen molar-refractivity contribution in [3.63, 3.8) is 0 Å². The van der Waals surface area contributed by atoms with E-state index in [-0.39, 0.29) is 45.9 Å². The van der Waals surface area contributed by atoms with Gasteiger partial charge in [-0.1, -0.05) is 13.8 Å². The number of hydrogen-bond acceptors (Lipinski definition) is 4. The average Bonchev–Trinajstić information content (AvgIpc) is 2.34. The van der Waals surface area contributed by atoms with E-state index in [4.69, 9.17) is 21.7 Å². The van der Waals surface area contributed by atoms with Gasteiger partial charge in [0.05, 0.1) is 0 Å². The van der Waals surface area contributed by atoms with Crippen molar-refractivity contribution in [1.29, 1.82) is 0 Å². The fourth-order valence-electron chi connectivity index (χ4n) is 1.57. The zero-order chi connectivity index (χ0) is 16.0. The van der Waals surface area contributed by atoms with E-state index in [1.54, 1.807) is 0 Å². The van der Waals surface area contributed by atoms with E-state index in [2.05, 4.69) is 0 Å². The molecule has 0 bridgehead atoms. The summed E-state index contributed by atoms with van der Waals surface area (Å²) < 4.78 is 0. The molecule has 1 aliphatic rings. The molecule has 6 nitrogen and oxygen atoms in total. The Morgan fingerprint density at radius 2 is 1.04 bits per heavy atom. The number of carboxylic acids is 2. The summed E-state index contributed by atoms with van der Waals surface area (Å²) in [6, 6.07) is 0.879. The molecule has 0 unspecified atom stereocenters. The summed E-state index contributed by atoms with van der Waals surface area (Å²) in [5.74, 6) is -1.42.